The highest BCUT2D eigenvalue weighted by atomic mass is 35.5. The predicted molar refractivity (Wildman–Crippen MR) is 152 cm³/mol. The number of benzene rings is 3. The van der Waals surface area contributed by atoms with Crippen LogP contribution in [0.2, 0.25) is 5.02 Å². The number of rotatable bonds is 12. The lowest BCUT2D eigenvalue weighted by Gasteiger charge is -2.33. The normalized spacial score (nSPS) is 12.0. The van der Waals surface area contributed by atoms with Crippen molar-refractivity contribution in [3.8, 4) is 0 Å². The Hall–Kier alpha value is -3.36. The molecule has 3 aromatic rings. The lowest BCUT2D eigenvalue weighted by atomic mass is 10.1. The summed E-state index contributed by atoms with van der Waals surface area (Å²) in [6, 6.07) is 21.4. The molecule has 202 valence electrons. The summed E-state index contributed by atoms with van der Waals surface area (Å²) in [7, 11) is -4.09. The van der Waals surface area contributed by atoms with Crippen LogP contribution in [-0.4, -0.2) is 44.3 Å². The standard InChI is InChI=1S/C29H34ClN3O4S/c1-4-22-16-18-24(19-17-22)33(38(36,37)25-13-8-7-9-14-25)21-28(34)32(27(5-2)29(35)31-6-3)20-23-12-10-11-15-26(23)30/h7-19,27H,4-6,20-21H2,1-3H3,(H,31,35)/t27-/m0/s1. The molecule has 0 aliphatic heterocycles. The minimum Gasteiger partial charge on any atom is -0.355 e. The van der Waals surface area contributed by atoms with Crippen molar-refractivity contribution in [2.24, 2.45) is 0 Å². The molecule has 7 nitrogen and oxygen atoms in total. The first-order valence-electron chi connectivity index (χ1n) is 12.7. The summed E-state index contributed by atoms with van der Waals surface area (Å²) >= 11 is 6.40. The van der Waals surface area contributed by atoms with E-state index in [0.717, 1.165) is 16.3 Å². The highest BCUT2D eigenvalue weighted by Crippen LogP contribution is 2.26. The minimum atomic E-state index is -4.09. The van der Waals surface area contributed by atoms with Gasteiger partial charge in [0, 0.05) is 18.1 Å². The molecule has 0 saturated heterocycles. The van der Waals surface area contributed by atoms with Crippen LogP contribution in [0.25, 0.3) is 0 Å². The Morgan fingerprint density at radius 3 is 2.11 bits per heavy atom. The van der Waals surface area contributed by atoms with Gasteiger partial charge in [0.05, 0.1) is 10.6 Å². The van der Waals surface area contributed by atoms with Crippen LogP contribution in [0.15, 0.2) is 83.8 Å². The molecule has 9 heteroatoms. The Morgan fingerprint density at radius 1 is 0.895 bits per heavy atom. The minimum absolute atomic E-state index is 0.0577. The number of anilines is 1. The Kier molecular flexibility index (Phi) is 10.3. The van der Waals surface area contributed by atoms with Crippen molar-refractivity contribution < 1.29 is 18.0 Å². The Bertz CT molecular complexity index is 1330. The Balaban J connectivity index is 2.06. The average molecular weight is 556 g/mol. The number of nitrogens with one attached hydrogen (secondary N) is 1. The lowest BCUT2D eigenvalue weighted by molar-refractivity contribution is -0.140. The van der Waals surface area contributed by atoms with Crippen LogP contribution >= 0.6 is 11.6 Å². The summed E-state index contributed by atoms with van der Waals surface area (Å²) < 4.78 is 28.7. The van der Waals surface area contributed by atoms with E-state index in [0.29, 0.717) is 29.2 Å². The average Bonchev–Trinajstić information content (AvgIpc) is 2.93. The molecule has 0 fully saturated rings. The number of hydrogen-bond donors (Lipinski definition) is 1. The molecular formula is C29H34ClN3O4S. The van der Waals surface area contributed by atoms with E-state index in [4.69, 9.17) is 11.6 Å². The largest absolute Gasteiger partial charge is 0.355 e. The van der Waals surface area contributed by atoms with Gasteiger partial charge in [-0.2, -0.15) is 0 Å². The van der Waals surface area contributed by atoms with Crippen molar-refractivity contribution in [1.29, 1.82) is 0 Å². The molecule has 1 atom stereocenters. The van der Waals surface area contributed by atoms with Gasteiger partial charge in [-0.15, -0.1) is 0 Å². The second-order valence-corrected chi connectivity index (χ2v) is 11.0. The molecule has 0 bridgehead atoms. The van der Waals surface area contributed by atoms with Crippen molar-refractivity contribution in [3.05, 3.63) is 95.0 Å². The molecule has 0 radical (unpaired) electrons. The summed E-state index contributed by atoms with van der Waals surface area (Å²) in [6.07, 6.45) is 1.14. The third-order valence-electron chi connectivity index (χ3n) is 6.28. The van der Waals surface area contributed by atoms with Gasteiger partial charge in [0.2, 0.25) is 11.8 Å². The smallest absolute Gasteiger partial charge is 0.264 e. The van der Waals surface area contributed by atoms with Crippen LogP contribution in [0.4, 0.5) is 5.69 Å². The molecule has 0 aromatic heterocycles. The third-order valence-corrected chi connectivity index (χ3v) is 8.43. The van der Waals surface area contributed by atoms with Crippen LogP contribution < -0.4 is 9.62 Å². The number of likely N-dealkylation sites (N-methyl/N-ethyl adjacent to an activating group) is 1. The van der Waals surface area contributed by atoms with Crippen LogP contribution in [0, 0.1) is 0 Å². The quantitative estimate of drug-likeness (QED) is 0.339. The molecule has 0 unspecified atom stereocenters. The van der Waals surface area contributed by atoms with Crippen LogP contribution in [0.3, 0.4) is 0 Å². The molecule has 0 aliphatic carbocycles. The van der Waals surface area contributed by atoms with Crippen LogP contribution in [0.5, 0.6) is 0 Å². The van der Waals surface area contributed by atoms with E-state index in [9.17, 15) is 18.0 Å². The maximum absolute atomic E-state index is 13.9. The van der Waals surface area contributed by atoms with Gasteiger partial charge in [-0.1, -0.05) is 74.0 Å². The highest BCUT2D eigenvalue weighted by molar-refractivity contribution is 7.92. The van der Waals surface area contributed by atoms with Crippen molar-refractivity contribution in [3.63, 3.8) is 0 Å². The maximum atomic E-state index is 13.9. The first-order valence-corrected chi connectivity index (χ1v) is 14.5. The predicted octanol–water partition coefficient (Wildman–Crippen LogP) is 5.04. The summed E-state index contributed by atoms with van der Waals surface area (Å²) in [4.78, 5) is 28.4. The molecule has 3 aromatic carbocycles. The number of halogens is 1. The number of carbonyl (C=O) groups excluding carboxylic acids is 2. The zero-order valence-corrected chi connectivity index (χ0v) is 23.5. The van der Waals surface area contributed by atoms with Crippen LogP contribution in [0.1, 0.15) is 38.3 Å². The zero-order valence-electron chi connectivity index (χ0n) is 21.9. The summed E-state index contributed by atoms with van der Waals surface area (Å²) in [5, 5.41) is 3.25. The van der Waals surface area contributed by atoms with Crippen LogP contribution in [-0.2, 0) is 32.6 Å². The van der Waals surface area contributed by atoms with E-state index in [1.165, 1.54) is 17.0 Å². The number of nitrogens with zero attached hydrogens (tertiary/aromatic N) is 2. The van der Waals surface area contributed by atoms with Gasteiger partial charge in [0.1, 0.15) is 12.6 Å². The Labute approximate surface area is 230 Å². The van der Waals surface area contributed by atoms with E-state index in [1.807, 2.05) is 26.0 Å². The number of carbonyl (C=O) groups is 2. The van der Waals surface area contributed by atoms with Crippen molar-refractivity contribution >= 4 is 39.1 Å². The summed E-state index contributed by atoms with van der Waals surface area (Å²) in [5.74, 6) is -0.817. The van der Waals surface area contributed by atoms with Crippen molar-refractivity contribution in [1.82, 2.24) is 10.2 Å². The first kappa shape index (κ1) is 29.2. The fourth-order valence-corrected chi connectivity index (χ4v) is 5.80. The van der Waals surface area contributed by atoms with Gasteiger partial charge >= 0.3 is 0 Å². The van der Waals surface area contributed by atoms with E-state index in [1.54, 1.807) is 61.5 Å². The maximum Gasteiger partial charge on any atom is 0.264 e. The Morgan fingerprint density at radius 2 is 1.53 bits per heavy atom. The monoisotopic (exact) mass is 555 g/mol. The molecule has 3 rings (SSSR count). The SMILES string of the molecule is CCNC(=O)[C@H](CC)N(Cc1ccccc1Cl)C(=O)CN(c1ccc(CC)cc1)S(=O)(=O)c1ccccc1. The molecule has 38 heavy (non-hydrogen) atoms. The van der Waals surface area contributed by atoms with E-state index in [-0.39, 0.29) is 17.3 Å². The zero-order chi connectivity index (χ0) is 27.7. The van der Waals surface area contributed by atoms with Gasteiger partial charge in [-0.25, -0.2) is 8.42 Å². The van der Waals surface area contributed by atoms with Gasteiger partial charge in [0.25, 0.3) is 10.0 Å². The molecule has 0 spiro atoms. The number of amides is 2. The van der Waals surface area contributed by atoms with E-state index in [2.05, 4.69) is 5.32 Å². The van der Waals surface area contributed by atoms with Crippen molar-refractivity contribution in [2.45, 2.75) is 51.1 Å². The molecule has 0 aliphatic rings. The third kappa shape index (κ3) is 6.94. The van der Waals surface area contributed by atoms with E-state index >= 15 is 0 Å². The molecule has 2 amide bonds. The van der Waals surface area contributed by atoms with Gasteiger partial charge in [0.15, 0.2) is 0 Å². The number of hydrogen-bond acceptors (Lipinski definition) is 4. The topological polar surface area (TPSA) is 86.8 Å². The summed E-state index contributed by atoms with van der Waals surface area (Å²) in [5.41, 5.74) is 2.07. The molecule has 0 saturated carbocycles. The number of sulfonamides is 1. The second-order valence-electron chi connectivity index (χ2n) is 8.78. The second kappa shape index (κ2) is 13.4. The van der Waals surface area contributed by atoms with Gasteiger partial charge < -0.3 is 10.2 Å². The fourth-order valence-electron chi connectivity index (χ4n) is 4.17. The first-order chi connectivity index (χ1) is 18.2. The fraction of sp³-hybridized carbons (Fsp3) is 0.310. The highest BCUT2D eigenvalue weighted by Gasteiger charge is 2.33. The lowest BCUT2D eigenvalue weighted by Crippen LogP contribution is -2.52. The van der Waals surface area contributed by atoms with E-state index < -0.39 is 28.5 Å². The molecule has 0 heterocycles. The molecule has 1 N–H and O–H groups in total. The number of aryl methyl sites for hydroxylation is 1. The van der Waals surface area contributed by atoms with Gasteiger partial charge in [-0.05, 0) is 61.2 Å². The van der Waals surface area contributed by atoms with Crippen molar-refractivity contribution in [2.75, 3.05) is 17.4 Å². The summed E-state index contributed by atoms with van der Waals surface area (Å²) in [6.45, 7) is 5.61. The van der Waals surface area contributed by atoms with Gasteiger partial charge in [-0.3, -0.25) is 13.9 Å². The molecular weight excluding hydrogens is 522 g/mol.